The third kappa shape index (κ3) is 3.08. The first-order valence-corrected chi connectivity index (χ1v) is 5.22. The van der Waals surface area contributed by atoms with E-state index in [0.717, 1.165) is 12.8 Å². The van der Waals surface area contributed by atoms with E-state index < -0.39 is 23.5 Å². The molecule has 1 aromatic rings. The number of anilines is 1. The maximum atomic E-state index is 12.5. The highest BCUT2D eigenvalue weighted by molar-refractivity contribution is 5.51. The van der Waals surface area contributed by atoms with Gasteiger partial charge in [-0.2, -0.15) is 26.3 Å². The van der Waals surface area contributed by atoms with E-state index in [2.05, 4.69) is 5.32 Å². The average molecular weight is 269 g/mol. The quantitative estimate of drug-likeness (QED) is 0.789. The van der Waals surface area contributed by atoms with Gasteiger partial charge in [0.15, 0.2) is 0 Å². The molecule has 18 heavy (non-hydrogen) atoms. The molecule has 0 spiro atoms. The van der Waals surface area contributed by atoms with Crippen molar-refractivity contribution in [3.05, 3.63) is 29.3 Å². The Morgan fingerprint density at radius 1 is 0.833 bits per heavy atom. The van der Waals surface area contributed by atoms with E-state index in [9.17, 15) is 26.3 Å². The van der Waals surface area contributed by atoms with Gasteiger partial charge < -0.3 is 5.32 Å². The fraction of sp³-hybridized carbons (Fsp3) is 0.455. The summed E-state index contributed by atoms with van der Waals surface area (Å²) in [7, 11) is 0. The largest absolute Gasteiger partial charge is 0.416 e. The van der Waals surface area contributed by atoms with E-state index in [0.29, 0.717) is 12.1 Å². The molecule has 0 radical (unpaired) electrons. The Labute approximate surface area is 98.8 Å². The van der Waals surface area contributed by atoms with Crippen LogP contribution in [0.5, 0.6) is 0 Å². The Morgan fingerprint density at radius 2 is 1.28 bits per heavy atom. The highest BCUT2D eigenvalue weighted by atomic mass is 19.4. The van der Waals surface area contributed by atoms with Gasteiger partial charge in [-0.1, -0.05) is 0 Å². The molecule has 0 unspecified atom stereocenters. The lowest BCUT2D eigenvalue weighted by molar-refractivity contribution is -0.143. The molecule has 2 rings (SSSR count). The molecule has 0 heterocycles. The Kier molecular flexibility index (Phi) is 2.95. The van der Waals surface area contributed by atoms with Crippen LogP contribution in [0.25, 0.3) is 0 Å². The summed E-state index contributed by atoms with van der Waals surface area (Å²) in [5.74, 6) is 0. The second-order valence-electron chi connectivity index (χ2n) is 4.21. The Bertz CT molecular complexity index is 412. The molecular formula is C11H9F6N. The van der Waals surface area contributed by atoms with Crippen molar-refractivity contribution in [2.75, 3.05) is 5.32 Å². The maximum Gasteiger partial charge on any atom is 0.416 e. The number of hydrogen-bond acceptors (Lipinski definition) is 1. The van der Waals surface area contributed by atoms with Crippen molar-refractivity contribution in [3.63, 3.8) is 0 Å². The number of halogens is 6. The lowest BCUT2D eigenvalue weighted by atomic mass is 10.1. The van der Waals surface area contributed by atoms with Crippen LogP contribution in [0.3, 0.4) is 0 Å². The SMILES string of the molecule is FC(F)(F)c1cc(NC2CC2)cc(C(F)(F)F)c1. The van der Waals surface area contributed by atoms with Gasteiger partial charge in [0, 0.05) is 11.7 Å². The van der Waals surface area contributed by atoms with Gasteiger partial charge >= 0.3 is 12.4 Å². The minimum Gasteiger partial charge on any atom is -0.382 e. The Morgan fingerprint density at radius 3 is 1.61 bits per heavy atom. The van der Waals surface area contributed by atoms with Crippen LogP contribution in [0.4, 0.5) is 32.0 Å². The van der Waals surface area contributed by atoms with Crippen LogP contribution in [0.15, 0.2) is 18.2 Å². The highest BCUT2D eigenvalue weighted by Crippen LogP contribution is 2.38. The van der Waals surface area contributed by atoms with Crippen molar-refractivity contribution in [2.24, 2.45) is 0 Å². The molecular weight excluding hydrogens is 260 g/mol. The molecule has 1 N–H and O–H groups in total. The predicted molar refractivity (Wildman–Crippen MR) is 53.1 cm³/mol. The normalized spacial score (nSPS) is 16.8. The molecule has 1 aromatic carbocycles. The second kappa shape index (κ2) is 4.07. The van der Waals surface area contributed by atoms with E-state index >= 15 is 0 Å². The molecule has 1 nitrogen and oxygen atoms in total. The third-order valence-electron chi connectivity index (χ3n) is 2.54. The van der Waals surface area contributed by atoms with Gasteiger partial charge in [-0.25, -0.2) is 0 Å². The summed E-state index contributed by atoms with van der Waals surface area (Å²) in [5, 5.41) is 2.64. The van der Waals surface area contributed by atoms with Crippen molar-refractivity contribution >= 4 is 5.69 Å². The van der Waals surface area contributed by atoms with Crippen molar-refractivity contribution in [3.8, 4) is 0 Å². The first-order chi connectivity index (χ1) is 8.16. The zero-order chi connectivity index (χ0) is 13.6. The van der Waals surface area contributed by atoms with Gasteiger partial charge in [-0.15, -0.1) is 0 Å². The molecule has 0 aromatic heterocycles. The molecule has 7 heteroatoms. The number of alkyl halides is 6. The zero-order valence-corrected chi connectivity index (χ0v) is 8.99. The van der Waals surface area contributed by atoms with Crippen molar-refractivity contribution in [2.45, 2.75) is 31.2 Å². The molecule has 0 atom stereocenters. The molecule has 1 fully saturated rings. The third-order valence-corrected chi connectivity index (χ3v) is 2.54. The van der Waals surface area contributed by atoms with Gasteiger partial charge in [-0.3, -0.25) is 0 Å². The van der Waals surface area contributed by atoms with E-state index in [4.69, 9.17) is 0 Å². The monoisotopic (exact) mass is 269 g/mol. The van der Waals surface area contributed by atoms with Gasteiger partial charge in [0.2, 0.25) is 0 Å². The first-order valence-electron chi connectivity index (χ1n) is 5.22. The number of nitrogens with one attached hydrogen (secondary N) is 1. The Balaban J connectivity index is 2.40. The molecule has 1 aliphatic carbocycles. The fourth-order valence-corrected chi connectivity index (χ4v) is 1.50. The number of hydrogen-bond donors (Lipinski definition) is 1. The summed E-state index contributed by atoms with van der Waals surface area (Å²) in [6.45, 7) is 0. The van der Waals surface area contributed by atoms with Crippen LogP contribution < -0.4 is 5.32 Å². The lowest BCUT2D eigenvalue weighted by Crippen LogP contribution is -2.12. The summed E-state index contributed by atoms with van der Waals surface area (Å²) in [6, 6.07) is 1.51. The fourth-order valence-electron chi connectivity index (χ4n) is 1.50. The van der Waals surface area contributed by atoms with E-state index in [-0.39, 0.29) is 17.8 Å². The molecule has 1 aliphatic rings. The Hall–Kier alpha value is -1.40. The average Bonchev–Trinajstić information content (AvgIpc) is 2.98. The van der Waals surface area contributed by atoms with E-state index in [1.807, 2.05) is 0 Å². The van der Waals surface area contributed by atoms with E-state index in [1.165, 1.54) is 0 Å². The van der Waals surface area contributed by atoms with Crippen LogP contribution in [-0.2, 0) is 12.4 Å². The van der Waals surface area contributed by atoms with Gasteiger partial charge in [0.05, 0.1) is 11.1 Å². The predicted octanol–water partition coefficient (Wildman–Crippen LogP) is 4.30. The van der Waals surface area contributed by atoms with Gasteiger partial charge in [-0.05, 0) is 31.0 Å². The zero-order valence-electron chi connectivity index (χ0n) is 8.99. The summed E-state index contributed by atoms with van der Waals surface area (Å²) in [5.41, 5.74) is -2.72. The summed E-state index contributed by atoms with van der Waals surface area (Å²) >= 11 is 0. The van der Waals surface area contributed by atoms with Crippen LogP contribution in [0, 0.1) is 0 Å². The molecule has 0 aliphatic heterocycles. The highest BCUT2D eigenvalue weighted by Gasteiger charge is 2.37. The smallest absolute Gasteiger partial charge is 0.382 e. The van der Waals surface area contributed by atoms with Crippen molar-refractivity contribution < 1.29 is 26.3 Å². The van der Waals surface area contributed by atoms with Crippen molar-refractivity contribution in [1.82, 2.24) is 0 Å². The number of rotatable bonds is 2. The van der Waals surface area contributed by atoms with Gasteiger partial charge in [0.1, 0.15) is 0 Å². The second-order valence-corrected chi connectivity index (χ2v) is 4.21. The topological polar surface area (TPSA) is 12.0 Å². The van der Waals surface area contributed by atoms with Crippen LogP contribution >= 0.6 is 0 Å². The maximum absolute atomic E-state index is 12.5. The standard InChI is InChI=1S/C11H9F6N/c12-10(13,14)6-3-7(11(15,16)17)5-9(4-6)18-8-1-2-8/h3-5,8,18H,1-2H2. The summed E-state index contributed by atoms with van der Waals surface area (Å²) in [4.78, 5) is 0. The van der Waals surface area contributed by atoms with Gasteiger partial charge in [0.25, 0.3) is 0 Å². The van der Waals surface area contributed by atoms with Crippen molar-refractivity contribution in [1.29, 1.82) is 0 Å². The molecule has 0 bridgehead atoms. The minimum absolute atomic E-state index is 0.0189. The van der Waals surface area contributed by atoms with Crippen LogP contribution in [-0.4, -0.2) is 6.04 Å². The summed E-state index contributed by atoms with van der Waals surface area (Å²) < 4.78 is 75.0. The molecule has 0 amide bonds. The lowest BCUT2D eigenvalue weighted by Gasteiger charge is -2.14. The molecule has 1 saturated carbocycles. The first kappa shape index (κ1) is 13.0. The minimum atomic E-state index is -4.79. The number of benzene rings is 1. The molecule has 100 valence electrons. The van der Waals surface area contributed by atoms with E-state index in [1.54, 1.807) is 0 Å². The van der Waals surface area contributed by atoms with Crippen LogP contribution in [0.2, 0.25) is 0 Å². The van der Waals surface area contributed by atoms with Crippen LogP contribution in [0.1, 0.15) is 24.0 Å². The molecule has 0 saturated heterocycles. The summed E-state index contributed by atoms with van der Waals surface area (Å²) in [6.07, 6.45) is -8.06.